The third kappa shape index (κ3) is 2.45. The van der Waals surface area contributed by atoms with E-state index in [2.05, 4.69) is 24.6 Å². The van der Waals surface area contributed by atoms with Crippen LogP contribution in [0.15, 0.2) is 54.6 Å². The predicted molar refractivity (Wildman–Crippen MR) is 60.1 cm³/mol. The minimum Gasteiger partial charge on any atom is -0.192 e. The summed E-state index contributed by atoms with van der Waals surface area (Å²) in [5.41, 5.74) is 2.97. The van der Waals surface area contributed by atoms with E-state index < -0.39 is 0 Å². The summed E-state index contributed by atoms with van der Waals surface area (Å²) in [4.78, 5) is 0. The molecule has 0 unspecified atom stereocenters. The Morgan fingerprint density at radius 3 is 2.00 bits per heavy atom. The summed E-state index contributed by atoms with van der Waals surface area (Å²) in [5, 5.41) is 8.66. The van der Waals surface area contributed by atoms with E-state index in [-0.39, 0.29) is 0 Å². The van der Waals surface area contributed by atoms with Crippen molar-refractivity contribution in [2.45, 2.75) is 0 Å². The van der Waals surface area contributed by atoms with Gasteiger partial charge in [0.2, 0.25) is 0 Å². The number of benzene rings is 2. The molecule has 0 N–H and O–H groups in total. The molecule has 2 rings (SSSR count). The number of rotatable bonds is 2. The topological polar surface area (TPSA) is 23.8 Å². The van der Waals surface area contributed by atoms with Crippen molar-refractivity contribution >= 4 is 0 Å². The lowest BCUT2D eigenvalue weighted by Gasteiger charge is -2.00. The van der Waals surface area contributed by atoms with Crippen molar-refractivity contribution in [3.05, 3.63) is 77.7 Å². The van der Waals surface area contributed by atoms with Crippen LogP contribution in [0.25, 0.3) is 0 Å². The molecule has 0 spiro atoms. The Hall–Kier alpha value is -2.07. The largest absolute Gasteiger partial charge is 0.192 e. The van der Waals surface area contributed by atoms with Gasteiger partial charge < -0.3 is 0 Å². The molecule has 1 radical (unpaired) electrons. The summed E-state index contributed by atoms with van der Waals surface area (Å²) in [6, 6.07) is 19.8. The lowest BCUT2D eigenvalue weighted by molar-refractivity contribution is 1.41. The number of hydrogen-bond donors (Lipinski definition) is 0. The Bertz CT molecular complexity index is 463. The third-order valence-corrected chi connectivity index (χ3v) is 2.17. The van der Waals surface area contributed by atoms with Crippen LogP contribution < -0.4 is 0 Å². The average molecular weight is 192 g/mol. The van der Waals surface area contributed by atoms with Crippen molar-refractivity contribution in [2.75, 3.05) is 0 Å². The van der Waals surface area contributed by atoms with E-state index >= 15 is 0 Å². The van der Waals surface area contributed by atoms with Crippen molar-refractivity contribution in [2.24, 2.45) is 0 Å². The van der Waals surface area contributed by atoms with Crippen LogP contribution >= 0.6 is 0 Å². The molecule has 0 aliphatic rings. The molecule has 0 aliphatic carbocycles. The predicted octanol–water partition coefficient (Wildman–Crippen LogP) is 3.16. The van der Waals surface area contributed by atoms with Gasteiger partial charge >= 0.3 is 0 Å². The van der Waals surface area contributed by atoms with Crippen LogP contribution in [0.1, 0.15) is 16.7 Å². The Morgan fingerprint density at radius 2 is 1.40 bits per heavy atom. The highest BCUT2D eigenvalue weighted by Gasteiger charge is 1.96. The van der Waals surface area contributed by atoms with E-state index in [0.29, 0.717) is 5.56 Å². The molecule has 0 aromatic heterocycles. The Balaban J connectivity index is 2.16. The summed E-state index contributed by atoms with van der Waals surface area (Å²) in [6.07, 6.45) is 2.08. The molecule has 0 fully saturated rings. The zero-order valence-corrected chi connectivity index (χ0v) is 8.22. The summed E-state index contributed by atoms with van der Waals surface area (Å²) < 4.78 is 0. The molecule has 2 aromatic carbocycles. The van der Waals surface area contributed by atoms with Gasteiger partial charge in [0, 0.05) is 6.42 Å². The van der Waals surface area contributed by atoms with Gasteiger partial charge in [-0.15, -0.1) is 0 Å². The molecule has 2 aromatic rings. The SMILES string of the molecule is N#Cc1ccc([CH]c2ccccc2)cc1. The summed E-state index contributed by atoms with van der Waals surface area (Å²) in [7, 11) is 0. The van der Waals surface area contributed by atoms with Gasteiger partial charge in [0.15, 0.2) is 0 Å². The Labute approximate surface area is 89.6 Å². The second-order valence-corrected chi connectivity index (χ2v) is 3.29. The highest BCUT2D eigenvalue weighted by atomic mass is 14.2. The van der Waals surface area contributed by atoms with Gasteiger partial charge in [0.1, 0.15) is 0 Å². The van der Waals surface area contributed by atoms with Crippen molar-refractivity contribution in [1.29, 1.82) is 5.26 Å². The first-order valence-electron chi connectivity index (χ1n) is 4.78. The Morgan fingerprint density at radius 1 is 0.800 bits per heavy atom. The van der Waals surface area contributed by atoms with Crippen molar-refractivity contribution in [3.63, 3.8) is 0 Å². The first-order chi connectivity index (χ1) is 7.38. The molecule has 1 heteroatoms. The van der Waals surface area contributed by atoms with E-state index in [1.165, 1.54) is 5.56 Å². The normalized spacial score (nSPS) is 9.53. The van der Waals surface area contributed by atoms with E-state index in [1.54, 1.807) is 0 Å². The number of nitriles is 1. The van der Waals surface area contributed by atoms with Crippen molar-refractivity contribution in [3.8, 4) is 6.07 Å². The maximum absolute atomic E-state index is 8.66. The molecule has 71 valence electrons. The maximum atomic E-state index is 8.66. The van der Waals surface area contributed by atoms with E-state index in [9.17, 15) is 0 Å². The van der Waals surface area contributed by atoms with Crippen LogP contribution in [0, 0.1) is 17.8 Å². The van der Waals surface area contributed by atoms with Gasteiger partial charge in [0.05, 0.1) is 11.6 Å². The highest BCUT2D eigenvalue weighted by molar-refractivity contribution is 5.40. The quantitative estimate of drug-likeness (QED) is 0.717. The van der Waals surface area contributed by atoms with E-state index in [4.69, 9.17) is 5.26 Å². The van der Waals surface area contributed by atoms with Crippen LogP contribution in [0.3, 0.4) is 0 Å². The minimum atomic E-state index is 0.695. The van der Waals surface area contributed by atoms with Gasteiger partial charge in [-0.05, 0) is 23.3 Å². The second kappa shape index (κ2) is 4.43. The third-order valence-electron chi connectivity index (χ3n) is 2.17. The molecule has 0 saturated carbocycles. The van der Waals surface area contributed by atoms with Gasteiger partial charge in [-0.3, -0.25) is 0 Å². The molecule has 0 atom stereocenters. The van der Waals surface area contributed by atoms with Gasteiger partial charge in [-0.25, -0.2) is 0 Å². The monoisotopic (exact) mass is 192 g/mol. The van der Waals surface area contributed by atoms with Crippen molar-refractivity contribution in [1.82, 2.24) is 0 Å². The molecular weight excluding hydrogens is 182 g/mol. The lowest BCUT2D eigenvalue weighted by atomic mass is 10.0. The molecule has 0 heterocycles. The zero-order chi connectivity index (χ0) is 10.5. The first-order valence-corrected chi connectivity index (χ1v) is 4.78. The average Bonchev–Trinajstić information content (AvgIpc) is 2.31. The standard InChI is InChI=1S/C14H10N/c15-11-14-8-6-13(7-9-14)10-12-4-2-1-3-5-12/h1-10H. The van der Waals surface area contributed by atoms with E-state index in [0.717, 1.165) is 5.56 Å². The van der Waals surface area contributed by atoms with Crippen molar-refractivity contribution < 1.29 is 0 Å². The minimum absolute atomic E-state index is 0.695. The van der Waals surface area contributed by atoms with Crippen LogP contribution in [0.2, 0.25) is 0 Å². The lowest BCUT2D eigenvalue weighted by Crippen LogP contribution is -1.84. The summed E-state index contributed by atoms with van der Waals surface area (Å²) in [5.74, 6) is 0. The first kappa shape index (κ1) is 9.48. The van der Waals surface area contributed by atoms with Crippen LogP contribution in [-0.4, -0.2) is 0 Å². The molecule has 0 amide bonds. The maximum Gasteiger partial charge on any atom is 0.0991 e. The van der Waals surface area contributed by atoms with Crippen LogP contribution in [0.4, 0.5) is 0 Å². The fourth-order valence-corrected chi connectivity index (χ4v) is 1.40. The van der Waals surface area contributed by atoms with Gasteiger partial charge in [-0.1, -0.05) is 42.5 Å². The summed E-state index contributed by atoms with van der Waals surface area (Å²) in [6.45, 7) is 0. The van der Waals surface area contributed by atoms with Crippen LogP contribution in [-0.2, 0) is 0 Å². The van der Waals surface area contributed by atoms with Gasteiger partial charge in [0.25, 0.3) is 0 Å². The number of hydrogen-bond acceptors (Lipinski definition) is 1. The Kier molecular flexibility index (Phi) is 2.80. The summed E-state index contributed by atoms with van der Waals surface area (Å²) >= 11 is 0. The smallest absolute Gasteiger partial charge is 0.0991 e. The zero-order valence-electron chi connectivity index (χ0n) is 8.22. The highest BCUT2D eigenvalue weighted by Crippen LogP contribution is 2.12. The van der Waals surface area contributed by atoms with Crippen LogP contribution in [0.5, 0.6) is 0 Å². The molecule has 0 bridgehead atoms. The number of nitrogens with zero attached hydrogens (tertiary/aromatic N) is 1. The fourth-order valence-electron chi connectivity index (χ4n) is 1.40. The molecule has 1 nitrogen and oxygen atoms in total. The van der Waals surface area contributed by atoms with Gasteiger partial charge in [-0.2, -0.15) is 5.26 Å². The molecular formula is C14H10N. The van der Waals surface area contributed by atoms with E-state index in [1.807, 2.05) is 42.5 Å². The fraction of sp³-hybridized carbons (Fsp3) is 0. The molecule has 0 aliphatic heterocycles. The molecule has 15 heavy (non-hydrogen) atoms. The second-order valence-electron chi connectivity index (χ2n) is 3.29. The molecule has 0 saturated heterocycles.